The minimum atomic E-state index is -2.01. The van der Waals surface area contributed by atoms with Crippen LogP contribution >= 0.6 is 47.0 Å². The van der Waals surface area contributed by atoms with Gasteiger partial charge in [0.2, 0.25) is 3.79 Å². The Bertz CT molecular complexity index is 1150. The lowest BCUT2D eigenvalue weighted by Crippen LogP contribution is -2.56. The minimum Gasteiger partial charge on any atom is -0.339 e. The first-order valence-corrected chi connectivity index (χ1v) is 10.4. The number of para-hydroxylation sites is 1. The van der Waals surface area contributed by atoms with Crippen molar-refractivity contribution in [2.75, 3.05) is 5.32 Å². The number of anilines is 1. The van der Waals surface area contributed by atoms with Gasteiger partial charge in [0.15, 0.2) is 5.11 Å². The van der Waals surface area contributed by atoms with E-state index in [0.717, 1.165) is 10.8 Å². The summed E-state index contributed by atoms with van der Waals surface area (Å²) in [5.74, 6) is -0.801. The van der Waals surface area contributed by atoms with Crippen LogP contribution in [-0.2, 0) is 0 Å². The zero-order chi connectivity index (χ0) is 22.6. The topological polar surface area (TPSA) is 96.3 Å². The molecule has 3 aromatic carbocycles. The maximum absolute atomic E-state index is 12.6. The van der Waals surface area contributed by atoms with Crippen LogP contribution in [0.25, 0.3) is 10.8 Å². The van der Waals surface area contributed by atoms with Gasteiger partial charge in [0.1, 0.15) is 11.7 Å². The van der Waals surface area contributed by atoms with Gasteiger partial charge in [-0.05, 0) is 41.2 Å². The van der Waals surface area contributed by atoms with Crippen molar-refractivity contribution in [2.24, 2.45) is 0 Å². The lowest BCUT2D eigenvalue weighted by molar-refractivity contribution is -0.385. The maximum Gasteiger partial charge on any atom is 0.282 e. The van der Waals surface area contributed by atoms with E-state index in [9.17, 15) is 14.9 Å². The summed E-state index contributed by atoms with van der Waals surface area (Å²) in [6.07, 6.45) is -1.27. The van der Waals surface area contributed by atoms with Gasteiger partial charge in [-0.15, -0.1) is 0 Å². The Balaban J connectivity index is 1.74. The zero-order valence-corrected chi connectivity index (χ0v) is 18.7. The fraction of sp³-hybridized carbons (Fsp3) is 0.100. The first-order chi connectivity index (χ1) is 14.6. The number of carbonyl (C=O) groups is 1. The van der Waals surface area contributed by atoms with Crippen molar-refractivity contribution < 1.29 is 9.72 Å². The van der Waals surface area contributed by atoms with Gasteiger partial charge in [0.05, 0.1) is 4.92 Å². The van der Waals surface area contributed by atoms with Crippen molar-refractivity contribution in [1.29, 1.82) is 0 Å². The molecular formula is C20H15Cl3N4O3S. The van der Waals surface area contributed by atoms with Crippen molar-refractivity contribution >= 4 is 80.2 Å². The molecule has 11 heteroatoms. The highest BCUT2D eigenvalue weighted by atomic mass is 35.6. The van der Waals surface area contributed by atoms with Crippen LogP contribution in [0.4, 0.5) is 11.4 Å². The van der Waals surface area contributed by atoms with Gasteiger partial charge in [0, 0.05) is 11.8 Å². The number of nitro groups is 1. The average Bonchev–Trinajstić information content (AvgIpc) is 2.72. The molecule has 0 heterocycles. The molecule has 7 nitrogen and oxygen atoms in total. The average molecular weight is 498 g/mol. The first kappa shape index (κ1) is 23.0. The van der Waals surface area contributed by atoms with Gasteiger partial charge in [-0.1, -0.05) is 77.3 Å². The molecule has 0 bridgehead atoms. The third-order valence-corrected chi connectivity index (χ3v) is 5.11. The van der Waals surface area contributed by atoms with Gasteiger partial charge < -0.3 is 16.0 Å². The van der Waals surface area contributed by atoms with E-state index in [1.165, 1.54) is 24.3 Å². The monoisotopic (exact) mass is 496 g/mol. The van der Waals surface area contributed by atoms with Gasteiger partial charge in [-0.2, -0.15) is 0 Å². The van der Waals surface area contributed by atoms with Crippen LogP contribution in [0.3, 0.4) is 0 Å². The lowest BCUT2D eigenvalue weighted by atomic mass is 10.1. The highest BCUT2D eigenvalue weighted by molar-refractivity contribution is 7.80. The second kappa shape index (κ2) is 9.65. The number of rotatable bonds is 5. The number of nitro benzene ring substituents is 1. The van der Waals surface area contributed by atoms with Crippen LogP contribution in [0.5, 0.6) is 0 Å². The van der Waals surface area contributed by atoms with Crippen molar-refractivity contribution in [1.82, 2.24) is 10.6 Å². The van der Waals surface area contributed by atoms with E-state index in [1.807, 2.05) is 42.5 Å². The summed E-state index contributed by atoms with van der Waals surface area (Å²) in [6, 6.07) is 18.9. The smallest absolute Gasteiger partial charge is 0.282 e. The summed E-state index contributed by atoms with van der Waals surface area (Å²) in [4.78, 5) is 23.1. The number of benzene rings is 3. The molecule has 160 valence electrons. The van der Waals surface area contributed by atoms with E-state index in [2.05, 4.69) is 16.0 Å². The largest absolute Gasteiger partial charge is 0.339 e. The normalized spacial score (nSPS) is 12.1. The van der Waals surface area contributed by atoms with Crippen LogP contribution in [-0.4, -0.2) is 25.9 Å². The SMILES string of the molecule is O=C(NC(NC(=S)Nc1ccc2ccccc2c1)C(Cl)(Cl)Cl)c1ccccc1[N+](=O)[O-]. The van der Waals surface area contributed by atoms with E-state index in [0.29, 0.717) is 5.69 Å². The number of nitrogens with one attached hydrogen (secondary N) is 3. The van der Waals surface area contributed by atoms with Gasteiger partial charge >= 0.3 is 0 Å². The number of amides is 1. The summed E-state index contributed by atoms with van der Waals surface area (Å²) in [5.41, 5.74) is 0.131. The molecule has 3 N–H and O–H groups in total. The van der Waals surface area contributed by atoms with Crippen molar-refractivity contribution in [3.05, 3.63) is 82.4 Å². The molecular weight excluding hydrogens is 483 g/mol. The molecule has 0 aliphatic heterocycles. The van der Waals surface area contributed by atoms with Gasteiger partial charge in [0.25, 0.3) is 11.6 Å². The Kier molecular flexibility index (Phi) is 7.17. The highest BCUT2D eigenvalue weighted by Gasteiger charge is 2.36. The molecule has 31 heavy (non-hydrogen) atoms. The number of carbonyl (C=O) groups excluding carboxylic acids is 1. The van der Waals surface area contributed by atoms with Crippen LogP contribution in [0.2, 0.25) is 0 Å². The third kappa shape index (κ3) is 5.95. The fourth-order valence-corrected chi connectivity index (χ4v) is 3.36. The van der Waals surface area contributed by atoms with E-state index in [4.69, 9.17) is 47.0 Å². The minimum absolute atomic E-state index is 0.0782. The predicted octanol–water partition coefficient (Wildman–Crippen LogP) is 5.16. The van der Waals surface area contributed by atoms with Crippen LogP contribution < -0.4 is 16.0 Å². The third-order valence-electron chi connectivity index (χ3n) is 4.23. The molecule has 3 rings (SSSR count). The van der Waals surface area contributed by atoms with Crippen molar-refractivity contribution in [3.63, 3.8) is 0 Å². The van der Waals surface area contributed by atoms with Crippen LogP contribution in [0, 0.1) is 10.1 Å². The summed E-state index contributed by atoms with van der Waals surface area (Å²) in [7, 11) is 0. The van der Waals surface area contributed by atoms with Crippen molar-refractivity contribution in [3.8, 4) is 0 Å². The Morgan fingerprint density at radius 3 is 2.29 bits per heavy atom. The number of nitrogens with zero attached hydrogens (tertiary/aromatic N) is 1. The fourth-order valence-electron chi connectivity index (χ4n) is 2.80. The molecule has 0 aromatic heterocycles. The number of hydrogen-bond acceptors (Lipinski definition) is 4. The summed E-state index contributed by atoms with van der Waals surface area (Å²) in [6.45, 7) is 0. The number of fused-ring (bicyclic) bond motifs is 1. The molecule has 0 aliphatic rings. The highest BCUT2D eigenvalue weighted by Crippen LogP contribution is 2.30. The Labute approximate surface area is 197 Å². The molecule has 1 amide bonds. The number of halogens is 3. The number of hydrogen-bond donors (Lipinski definition) is 3. The molecule has 3 aromatic rings. The first-order valence-electron chi connectivity index (χ1n) is 8.82. The molecule has 1 atom stereocenters. The van der Waals surface area contributed by atoms with Crippen LogP contribution in [0.1, 0.15) is 10.4 Å². The van der Waals surface area contributed by atoms with E-state index < -0.39 is 20.8 Å². The zero-order valence-electron chi connectivity index (χ0n) is 15.6. The Morgan fingerprint density at radius 2 is 1.61 bits per heavy atom. The van der Waals surface area contributed by atoms with E-state index in [-0.39, 0.29) is 16.4 Å². The molecule has 0 fully saturated rings. The second-order valence-electron chi connectivity index (χ2n) is 6.38. The van der Waals surface area contributed by atoms with E-state index in [1.54, 1.807) is 0 Å². The van der Waals surface area contributed by atoms with E-state index >= 15 is 0 Å². The summed E-state index contributed by atoms with van der Waals surface area (Å²) in [5, 5.41) is 21.4. The second-order valence-corrected chi connectivity index (χ2v) is 9.16. The molecule has 1 unspecified atom stereocenters. The maximum atomic E-state index is 12.6. The molecule has 0 aliphatic carbocycles. The number of alkyl halides is 3. The van der Waals surface area contributed by atoms with Crippen LogP contribution in [0.15, 0.2) is 66.7 Å². The van der Waals surface area contributed by atoms with Crippen molar-refractivity contribution in [2.45, 2.75) is 9.96 Å². The Morgan fingerprint density at radius 1 is 0.968 bits per heavy atom. The summed E-state index contributed by atoms with van der Waals surface area (Å²) < 4.78 is -2.01. The summed E-state index contributed by atoms with van der Waals surface area (Å²) >= 11 is 23.3. The molecule has 0 radical (unpaired) electrons. The quantitative estimate of drug-likeness (QED) is 0.148. The Hall–Kier alpha value is -2.65. The number of thiocarbonyl (C=S) groups is 1. The molecule has 0 spiro atoms. The molecule has 0 saturated carbocycles. The van der Waals surface area contributed by atoms with Gasteiger partial charge in [-0.3, -0.25) is 14.9 Å². The lowest BCUT2D eigenvalue weighted by Gasteiger charge is -2.27. The standard InChI is InChI=1S/C20H15Cl3N4O3S/c21-20(22,23)18(25-17(28)15-7-3-4-8-16(15)27(29)30)26-19(31)24-14-10-9-12-5-1-2-6-13(12)11-14/h1-11,18H,(H,25,28)(H2,24,26,31). The predicted molar refractivity (Wildman–Crippen MR) is 128 cm³/mol. The van der Waals surface area contributed by atoms with Gasteiger partial charge in [-0.25, -0.2) is 0 Å². The molecule has 0 saturated heterocycles.